The molecular formula is C13H17ClF2N2O2S. The van der Waals surface area contributed by atoms with Crippen LogP contribution in [0.3, 0.4) is 0 Å². The van der Waals surface area contributed by atoms with Gasteiger partial charge in [0.25, 0.3) is 5.76 Å². The molecule has 2 rings (SSSR count). The Kier molecular flexibility index (Phi) is 7.95. The first-order chi connectivity index (χ1) is 9.63. The number of ether oxygens (including phenoxy) is 1. The van der Waals surface area contributed by atoms with Gasteiger partial charge in [0.05, 0.1) is 13.2 Å². The van der Waals surface area contributed by atoms with Crippen molar-refractivity contribution in [2.45, 2.75) is 23.1 Å². The fourth-order valence-electron chi connectivity index (χ4n) is 1.94. The van der Waals surface area contributed by atoms with Crippen LogP contribution in [0.25, 0.3) is 0 Å². The number of rotatable bonds is 5. The molecule has 21 heavy (non-hydrogen) atoms. The summed E-state index contributed by atoms with van der Waals surface area (Å²) < 4.78 is 29.8. The third kappa shape index (κ3) is 6.60. The number of halogens is 3. The second-order valence-corrected chi connectivity index (χ2v) is 5.45. The van der Waals surface area contributed by atoms with Crippen molar-refractivity contribution in [3.05, 3.63) is 24.3 Å². The molecule has 1 saturated heterocycles. The number of anilines is 1. The van der Waals surface area contributed by atoms with E-state index in [1.54, 1.807) is 24.3 Å². The summed E-state index contributed by atoms with van der Waals surface area (Å²) in [6, 6.07) is 6.45. The quantitative estimate of drug-likeness (QED) is 0.811. The van der Waals surface area contributed by atoms with Crippen molar-refractivity contribution in [2.24, 2.45) is 0 Å². The summed E-state index contributed by atoms with van der Waals surface area (Å²) in [5, 5.41) is 5.89. The number of hydrogen-bond donors (Lipinski definition) is 2. The number of nitrogens with one attached hydrogen (secondary N) is 2. The zero-order chi connectivity index (χ0) is 14.4. The molecule has 0 bridgehead atoms. The number of thioether (sulfide) groups is 1. The zero-order valence-electron chi connectivity index (χ0n) is 11.2. The van der Waals surface area contributed by atoms with Crippen LogP contribution < -0.4 is 10.6 Å². The molecule has 1 unspecified atom stereocenters. The summed E-state index contributed by atoms with van der Waals surface area (Å²) in [5.74, 6) is -2.63. The van der Waals surface area contributed by atoms with Gasteiger partial charge in [-0.1, -0.05) is 17.8 Å². The fourth-order valence-corrected chi connectivity index (χ4v) is 2.49. The van der Waals surface area contributed by atoms with Crippen LogP contribution in [0.15, 0.2) is 29.2 Å². The monoisotopic (exact) mass is 338 g/mol. The minimum Gasteiger partial charge on any atom is -0.378 e. The van der Waals surface area contributed by atoms with E-state index in [4.69, 9.17) is 4.74 Å². The number of benzene rings is 1. The SMILES string of the molecule is Cl.O=C(CC1COCCN1)Nc1cccc(SC(F)F)c1. The van der Waals surface area contributed by atoms with Crippen LogP contribution in [0.2, 0.25) is 0 Å². The Morgan fingerprint density at radius 1 is 1.52 bits per heavy atom. The Morgan fingerprint density at radius 3 is 3.00 bits per heavy atom. The summed E-state index contributed by atoms with van der Waals surface area (Å²) >= 11 is 0.458. The predicted octanol–water partition coefficient (Wildman–Crippen LogP) is 2.74. The van der Waals surface area contributed by atoms with Crippen molar-refractivity contribution >= 4 is 35.8 Å². The van der Waals surface area contributed by atoms with Gasteiger partial charge in [0.15, 0.2) is 0 Å². The summed E-state index contributed by atoms with van der Waals surface area (Å²) in [6.45, 7) is 1.90. The lowest BCUT2D eigenvalue weighted by Gasteiger charge is -2.23. The Morgan fingerprint density at radius 2 is 2.33 bits per heavy atom. The molecule has 2 N–H and O–H groups in total. The van der Waals surface area contributed by atoms with Gasteiger partial charge in [0.1, 0.15) is 0 Å². The highest BCUT2D eigenvalue weighted by molar-refractivity contribution is 7.99. The van der Waals surface area contributed by atoms with E-state index in [0.29, 0.717) is 42.0 Å². The van der Waals surface area contributed by atoms with E-state index < -0.39 is 5.76 Å². The van der Waals surface area contributed by atoms with Crippen LogP contribution in [-0.2, 0) is 9.53 Å². The molecule has 1 aliphatic rings. The van der Waals surface area contributed by atoms with Crippen molar-refractivity contribution in [3.63, 3.8) is 0 Å². The summed E-state index contributed by atoms with van der Waals surface area (Å²) in [4.78, 5) is 12.3. The molecule has 1 aromatic carbocycles. The standard InChI is InChI=1S/C13H16F2N2O2S.ClH/c14-13(15)20-11-3-1-2-9(6-11)17-12(18)7-10-8-19-5-4-16-10;/h1-3,6,10,13,16H,4-5,7-8H2,(H,17,18);1H. The van der Waals surface area contributed by atoms with Crippen LogP contribution >= 0.6 is 24.2 Å². The van der Waals surface area contributed by atoms with Crippen LogP contribution in [0, 0.1) is 0 Å². The molecule has 0 aliphatic carbocycles. The van der Waals surface area contributed by atoms with Crippen LogP contribution in [0.4, 0.5) is 14.5 Å². The topological polar surface area (TPSA) is 50.4 Å². The highest BCUT2D eigenvalue weighted by Gasteiger charge is 2.17. The minimum atomic E-state index is -2.47. The lowest BCUT2D eigenvalue weighted by molar-refractivity contribution is -0.117. The molecule has 1 aliphatic heterocycles. The van der Waals surface area contributed by atoms with Gasteiger partial charge >= 0.3 is 0 Å². The fraction of sp³-hybridized carbons (Fsp3) is 0.462. The van der Waals surface area contributed by atoms with Gasteiger partial charge < -0.3 is 15.4 Å². The molecule has 8 heteroatoms. The third-order valence-corrected chi connectivity index (χ3v) is 3.48. The maximum absolute atomic E-state index is 12.3. The lowest BCUT2D eigenvalue weighted by Crippen LogP contribution is -2.43. The van der Waals surface area contributed by atoms with Crippen molar-refractivity contribution < 1.29 is 18.3 Å². The average molecular weight is 339 g/mol. The van der Waals surface area contributed by atoms with Crippen LogP contribution in [0.1, 0.15) is 6.42 Å². The Hall–Kier alpha value is -0.890. The molecule has 0 saturated carbocycles. The predicted molar refractivity (Wildman–Crippen MR) is 81.4 cm³/mol. The van der Waals surface area contributed by atoms with E-state index in [9.17, 15) is 13.6 Å². The number of hydrogen-bond acceptors (Lipinski definition) is 4. The average Bonchev–Trinajstić information content (AvgIpc) is 2.39. The second kappa shape index (κ2) is 9.19. The van der Waals surface area contributed by atoms with Gasteiger partial charge in [0, 0.05) is 29.6 Å². The number of alkyl halides is 2. The molecule has 0 aromatic heterocycles. The molecule has 0 spiro atoms. The molecule has 1 atom stereocenters. The number of amides is 1. The van der Waals surface area contributed by atoms with E-state index in [0.717, 1.165) is 6.54 Å². The Bertz CT molecular complexity index is 460. The first-order valence-corrected chi connectivity index (χ1v) is 7.17. The first kappa shape index (κ1) is 18.2. The highest BCUT2D eigenvalue weighted by Crippen LogP contribution is 2.27. The van der Waals surface area contributed by atoms with Gasteiger partial charge in [-0.15, -0.1) is 12.4 Å². The highest BCUT2D eigenvalue weighted by atomic mass is 35.5. The third-order valence-electron chi connectivity index (χ3n) is 2.77. The molecule has 1 fully saturated rings. The van der Waals surface area contributed by atoms with Crippen molar-refractivity contribution in [3.8, 4) is 0 Å². The largest absolute Gasteiger partial charge is 0.378 e. The Balaban J connectivity index is 0.00000220. The molecule has 0 radical (unpaired) electrons. The van der Waals surface area contributed by atoms with E-state index >= 15 is 0 Å². The Labute approximate surface area is 132 Å². The van der Waals surface area contributed by atoms with E-state index in [1.165, 1.54) is 0 Å². The maximum Gasteiger partial charge on any atom is 0.288 e. The molecule has 1 amide bonds. The van der Waals surface area contributed by atoms with Gasteiger partial charge in [-0.2, -0.15) is 8.78 Å². The minimum absolute atomic E-state index is 0. The summed E-state index contributed by atoms with van der Waals surface area (Å²) in [5.41, 5.74) is 0.525. The van der Waals surface area contributed by atoms with Crippen molar-refractivity contribution in [1.82, 2.24) is 5.32 Å². The summed E-state index contributed by atoms with van der Waals surface area (Å²) in [6.07, 6.45) is 0.298. The van der Waals surface area contributed by atoms with Crippen molar-refractivity contribution in [2.75, 3.05) is 25.1 Å². The molecule has 1 aromatic rings. The molecule has 4 nitrogen and oxygen atoms in total. The number of carbonyl (C=O) groups excluding carboxylic acids is 1. The zero-order valence-corrected chi connectivity index (χ0v) is 12.8. The smallest absolute Gasteiger partial charge is 0.288 e. The molecule has 118 valence electrons. The van der Waals surface area contributed by atoms with E-state index in [1.807, 2.05) is 0 Å². The lowest BCUT2D eigenvalue weighted by atomic mass is 10.2. The number of morpholine rings is 1. The van der Waals surface area contributed by atoms with Crippen molar-refractivity contribution in [1.29, 1.82) is 0 Å². The molecular weight excluding hydrogens is 322 g/mol. The van der Waals surface area contributed by atoms with E-state index in [-0.39, 0.29) is 24.4 Å². The van der Waals surface area contributed by atoms with Gasteiger partial charge in [0.2, 0.25) is 5.91 Å². The summed E-state index contributed by atoms with van der Waals surface area (Å²) in [7, 11) is 0. The first-order valence-electron chi connectivity index (χ1n) is 6.29. The van der Waals surface area contributed by atoms with Crippen LogP contribution in [0.5, 0.6) is 0 Å². The second-order valence-electron chi connectivity index (χ2n) is 4.38. The van der Waals surface area contributed by atoms with Gasteiger partial charge in [-0.05, 0) is 18.2 Å². The maximum atomic E-state index is 12.3. The van der Waals surface area contributed by atoms with Gasteiger partial charge in [-0.25, -0.2) is 0 Å². The normalized spacial score (nSPS) is 18.1. The van der Waals surface area contributed by atoms with Gasteiger partial charge in [-0.3, -0.25) is 4.79 Å². The molecule has 1 heterocycles. The van der Waals surface area contributed by atoms with Crippen LogP contribution in [-0.4, -0.2) is 37.5 Å². The number of carbonyl (C=O) groups is 1. The van der Waals surface area contributed by atoms with E-state index in [2.05, 4.69) is 10.6 Å².